The number of piperazine rings is 1. The minimum Gasteiger partial charge on any atom is -0.340 e. The summed E-state index contributed by atoms with van der Waals surface area (Å²) in [7, 11) is -2.11. The molecule has 1 aliphatic rings. The predicted molar refractivity (Wildman–Crippen MR) is 117 cm³/mol. The summed E-state index contributed by atoms with van der Waals surface area (Å²) in [5, 5.41) is 4.25. The average molecular weight is 440 g/mol. The normalized spacial score (nSPS) is 16.3. The highest BCUT2D eigenvalue weighted by Gasteiger charge is 2.35. The van der Waals surface area contributed by atoms with Crippen molar-refractivity contribution in [2.24, 2.45) is 7.05 Å². The van der Waals surface area contributed by atoms with E-state index in [0.717, 1.165) is 5.56 Å². The molecule has 8 nitrogen and oxygen atoms in total. The summed E-state index contributed by atoms with van der Waals surface area (Å²) >= 11 is 0. The molecule has 2 aromatic heterocycles. The maximum Gasteiger partial charge on any atom is 0.263 e. The molecule has 1 aliphatic heterocycles. The third-order valence-corrected chi connectivity index (χ3v) is 7.41. The summed E-state index contributed by atoms with van der Waals surface area (Å²) in [4.78, 5) is 18.7. The lowest BCUT2D eigenvalue weighted by Gasteiger charge is -2.35. The van der Waals surface area contributed by atoms with Crippen molar-refractivity contribution in [3.63, 3.8) is 0 Å². The second-order valence-electron chi connectivity index (χ2n) is 7.63. The molecule has 0 saturated carbocycles. The first-order valence-corrected chi connectivity index (χ1v) is 11.6. The molecular weight excluding hydrogens is 414 g/mol. The van der Waals surface area contributed by atoms with Gasteiger partial charge < -0.3 is 4.90 Å². The summed E-state index contributed by atoms with van der Waals surface area (Å²) in [6, 6.07) is 13.2. The van der Waals surface area contributed by atoms with Gasteiger partial charge in [-0.05, 0) is 18.6 Å². The highest BCUT2D eigenvalue weighted by Crippen LogP contribution is 2.28. The lowest BCUT2D eigenvalue weighted by atomic mass is 9.99. The Morgan fingerprint density at radius 3 is 2.39 bits per heavy atom. The lowest BCUT2D eigenvalue weighted by molar-refractivity contribution is -0.133. The average Bonchev–Trinajstić information content (AvgIpc) is 3.22. The molecule has 0 N–H and O–H groups in total. The molecule has 0 unspecified atom stereocenters. The zero-order valence-corrected chi connectivity index (χ0v) is 18.4. The van der Waals surface area contributed by atoms with Gasteiger partial charge in [0.05, 0.1) is 5.92 Å². The van der Waals surface area contributed by atoms with Crippen molar-refractivity contribution >= 4 is 15.9 Å². The number of carbonyl (C=O) groups excluding carboxylic acids is 1. The molecule has 31 heavy (non-hydrogen) atoms. The van der Waals surface area contributed by atoms with Gasteiger partial charge in [-0.15, -0.1) is 0 Å². The Labute approximate surface area is 182 Å². The van der Waals surface area contributed by atoms with Crippen LogP contribution in [0.25, 0.3) is 11.1 Å². The Hall–Kier alpha value is -3.04. The fourth-order valence-corrected chi connectivity index (χ4v) is 5.38. The van der Waals surface area contributed by atoms with Crippen LogP contribution in [0.5, 0.6) is 0 Å². The second kappa shape index (κ2) is 8.60. The van der Waals surface area contributed by atoms with E-state index in [-0.39, 0.29) is 29.9 Å². The number of pyridine rings is 1. The van der Waals surface area contributed by atoms with E-state index in [1.54, 1.807) is 36.6 Å². The molecule has 1 aromatic carbocycles. The van der Waals surface area contributed by atoms with Gasteiger partial charge in [-0.2, -0.15) is 9.40 Å². The molecule has 0 radical (unpaired) electrons. The van der Waals surface area contributed by atoms with Crippen molar-refractivity contribution in [1.82, 2.24) is 24.0 Å². The van der Waals surface area contributed by atoms with Crippen LogP contribution in [0.3, 0.4) is 0 Å². The number of aryl methyl sites for hydroxylation is 1. The number of nitrogens with zero attached hydrogens (tertiary/aromatic N) is 5. The van der Waals surface area contributed by atoms with Crippen LogP contribution in [0, 0.1) is 0 Å². The van der Waals surface area contributed by atoms with Gasteiger partial charge in [0.2, 0.25) is 5.91 Å². The zero-order valence-electron chi connectivity index (χ0n) is 17.5. The SMILES string of the molecule is C[C@H](C(=O)N1CCN(S(=O)(=O)c2nn(C)cc2-c2cccnc2)CC1)c1ccccc1. The fraction of sp³-hybridized carbons (Fsp3) is 0.318. The predicted octanol–water partition coefficient (Wildman–Crippen LogP) is 2.12. The van der Waals surface area contributed by atoms with Crippen molar-refractivity contribution in [1.29, 1.82) is 0 Å². The molecule has 0 bridgehead atoms. The topological polar surface area (TPSA) is 88.4 Å². The molecule has 9 heteroatoms. The van der Waals surface area contributed by atoms with E-state index >= 15 is 0 Å². The molecule has 0 spiro atoms. The molecule has 3 aromatic rings. The summed E-state index contributed by atoms with van der Waals surface area (Å²) < 4.78 is 29.6. The van der Waals surface area contributed by atoms with Crippen molar-refractivity contribution < 1.29 is 13.2 Å². The number of benzene rings is 1. The van der Waals surface area contributed by atoms with Crippen molar-refractivity contribution in [3.8, 4) is 11.1 Å². The second-order valence-corrected chi connectivity index (χ2v) is 9.48. The van der Waals surface area contributed by atoms with Crippen LogP contribution >= 0.6 is 0 Å². The smallest absolute Gasteiger partial charge is 0.263 e. The van der Waals surface area contributed by atoms with Crippen LogP contribution in [0.2, 0.25) is 0 Å². The first-order valence-electron chi connectivity index (χ1n) is 10.2. The number of hydrogen-bond donors (Lipinski definition) is 0. The van der Waals surface area contributed by atoms with Gasteiger partial charge in [-0.3, -0.25) is 14.5 Å². The van der Waals surface area contributed by atoms with Gasteiger partial charge >= 0.3 is 0 Å². The van der Waals surface area contributed by atoms with Crippen LogP contribution < -0.4 is 0 Å². The molecule has 1 amide bonds. The maximum absolute atomic E-state index is 13.4. The summed E-state index contributed by atoms with van der Waals surface area (Å²) in [6.45, 7) is 3.06. The van der Waals surface area contributed by atoms with Crippen molar-refractivity contribution in [3.05, 3.63) is 66.6 Å². The van der Waals surface area contributed by atoms with Crippen LogP contribution in [0.4, 0.5) is 0 Å². The Morgan fingerprint density at radius 2 is 1.74 bits per heavy atom. The Morgan fingerprint density at radius 1 is 1.03 bits per heavy atom. The molecule has 0 aliphatic carbocycles. The number of carbonyl (C=O) groups is 1. The third-order valence-electron chi connectivity index (χ3n) is 5.57. The molecular formula is C22H25N5O3S. The lowest BCUT2D eigenvalue weighted by Crippen LogP contribution is -2.51. The van der Waals surface area contributed by atoms with Crippen LogP contribution in [-0.2, 0) is 21.9 Å². The van der Waals surface area contributed by atoms with Gasteiger partial charge in [-0.25, -0.2) is 8.42 Å². The molecule has 1 saturated heterocycles. The number of rotatable bonds is 5. The quantitative estimate of drug-likeness (QED) is 0.608. The first-order chi connectivity index (χ1) is 14.9. The van der Waals surface area contributed by atoms with Crippen molar-refractivity contribution in [2.45, 2.75) is 17.9 Å². The number of hydrogen-bond acceptors (Lipinski definition) is 5. The highest BCUT2D eigenvalue weighted by molar-refractivity contribution is 7.89. The van der Waals surface area contributed by atoms with Gasteiger partial charge in [0, 0.05) is 62.9 Å². The Kier molecular flexibility index (Phi) is 5.88. The summed E-state index contributed by atoms with van der Waals surface area (Å²) in [6.07, 6.45) is 4.95. The van der Waals surface area contributed by atoms with E-state index in [1.165, 1.54) is 8.99 Å². The highest BCUT2D eigenvalue weighted by atomic mass is 32.2. The summed E-state index contributed by atoms with van der Waals surface area (Å²) in [5.74, 6) is -0.255. The van der Waals surface area contributed by atoms with Gasteiger partial charge in [0.1, 0.15) is 0 Å². The Balaban J connectivity index is 1.50. The molecule has 162 valence electrons. The zero-order chi connectivity index (χ0) is 22.0. The number of amides is 1. The van der Waals surface area contributed by atoms with E-state index in [2.05, 4.69) is 10.1 Å². The van der Waals surface area contributed by atoms with E-state index in [9.17, 15) is 13.2 Å². The van der Waals surface area contributed by atoms with E-state index < -0.39 is 10.0 Å². The summed E-state index contributed by atoms with van der Waals surface area (Å²) in [5.41, 5.74) is 2.17. The van der Waals surface area contributed by atoms with Crippen molar-refractivity contribution in [2.75, 3.05) is 26.2 Å². The number of aromatic nitrogens is 3. The number of sulfonamides is 1. The van der Waals surface area contributed by atoms with Gasteiger partial charge in [-0.1, -0.05) is 36.4 Å². The van der Waals surface area contributed by atoms with E-state index in [4.69, 9.17) is 0 Å². The monoisotopic (exact) mass is 439 g/mol. The van der Waals surface area contributed by atoms with Crippen LogP contribution in [0.15, 0.2) is 66.1 Å². The molecule has 4 rings (SSSR count). The standard InChI is InChI=1S/C22H25N5O3S/c1-17(18-7-4-3-5-8-18)22(28)26-11-13-27(14-12-26)31(29,30)21-20(16-25(2)24-21)19-9-6-10-23-15-19/h3-10,15-17H,11-14H2,1-2H3/t17-/m0/s1. The Bertz CT molecular complexity index is 1150. The third kappa shape index (κ3) is 4.24. The molecule has 3 heterocycles. The maximum atomic E-state index is 13.4. The minimum atomic E-state index is -3.81. The molecule has 1 fully saturated rings. The largest absolute Gasteiger partial charge is 0.340 e. The first kappa shape index (κ1) is 21.2. The van der Waals surface area contributed by atoms with Gasteiger partial charge in [0.25, 0.3) is 10.0 Å². The van der Waals surface area contributed by atoms with E-state index in [1.807, 2.05) is 43.3 Å². The molecule has 1 atom stereocenters. The minimum absolute atomic E-state index is 0.0112. The van der Waals surface area contributed by atoms with Crippen LogP contribution in [0.1, 0.15) is 18.4 Å². The van der Waals surface area contributed by atoms with E-state index in [0.29, 0.717) is 24.2 Å². The fourth-order valence-electron chi connectivity index (χ4n) is 3.81. The van der Waals surface area contributed by atoms with Crippen LogP contribution in [-0.4, -0.2) is 64.5 Å². The van der Waals surface area contributed by atoms with Gasteiger partial charge in [0.15, 0.2) is 5.03 Å².